The Kier molecular flexibility index (Phi) is 5.72. The molecule has 1 aliphatic heterocycles. The highest BCUT2D eigenvalue weighted by Gasteiger charge is 2.54. The van der Waals surface area contributed by atoms with Crippen LogP contribution in [0.25, 0.3) is 5.70 Å². The summed E-state index contributed by atoms with van der Waals surface area (Å²) in [4.78, 5) is 1.16. The van der Waals surface area contributed by atoms with Crippen LogP contribution in [-0.2, 0) is 0 Å². The Balaban J connectivity index is 1.83. The van der Waals surface area contributed by atoms with Gasteiger partial charge in [-0.1, -0.05) is 66.7 Å². The molecule has 1 aliphatic rings. The number of nitrogens with zero attached hydrogens (tertiary/aromatic N) is 2. The summed E-state index contributed by atoms with van der Waals surface area (Å²) in [5.74, 6) is 0.610. The van der Waals surface area contributed by atoms with Crippen LogP contribution in [0.2, 0.25) is 0 Å². The maximum absolute atomic E-state index is 16.8. The van der Waals surface area contributed by atoms with Crippen LogP contribution in [0.15, 0.2) is 121 Å². The molecule has 4 aromatic rings. The van der Waals surface area contributed by atoms with Crippen molar-refractivity contribution >= 4 is 29.8 Å². The maximum atomic E-state index is 16.8. The molecular formula is C28H23BF2N2O. The molecule has 168 valence electrons. The van der Waals surface area contributed by atoms with Gasteiger partial charge >= 0.3 is 6.97 Å². The third-order valence-electron chi connectivity index (χ3n) is 5.94. The van der Waals surface area contributed by atoms with Gasteiger partial charge in [-0.15, -0.1) is 0 Å². The van der Waals surface area contributed by atoms with Crippen LogP contribution in [0.3, 0.4) is 0 Å². The Morgan fingerprint density at radius 3 is 1.76 bits per heavy atom. The zero-order valence-electron chi connectivity index (χ0n) is 18.7. The number of anilines is 1. The first-order chi connectivity index (χ1) is 16.6. The van der Waals surface area contributed by atoms with E-state index in [9.17, 15) is 0 Å². The summed E-state index contributed by atoms with van der Waals surface area (Å²) < 4.78 is 40.0. The lowest BCUT2D eigenvalue weighted by molar-refractivity contribution is -0.326. The molecule has 3 nitrogen and oxygen atoms in total. The Morgan fingerprint density at radius 1 is 0.676 bits per heavy atom. The minimum Gasteiger partial charge on any atom is -0.497 e. The highest BCUT2D eigenvalue weighted by molar-refractivity contribution is 6.67. The summed E-state index contributed by atoms with van der Waals surface area (Å²) >= 11 is 0. The molecule has 0 saturated carbocycles. The van der Waals surface area contributed by atoms with Crippen LogP contribution in [0.5, 0.6) is 5.75 Å². The van der Waals surface area contributed by atoms with Gasteiger partial charge in [0.1, 0.15) is 5.75 Å². The molecule has 0 aromatic heterocycles. The van der Waals surface area contributed by atoms with Crippen LogP contribution in [0, 0.1) is 0 Å². The molecule has 0 radical (unpaired) electrons. The second-order valence-corrected chi connectivity index (χ2v) is 8.01. The van der Waals surface area contributed by atoms with E-state index >= 15 is 8.63 Å². The van der Waals surface area contributed by atoms with Crippen molar-refractivity contribution in [3.05, 3.63) is 132 Å². The minimum absolute atomic E-state index is 0.383. The lowest BCUT2D eigenvalue weighted by atomic mass is 9.82. The molecular weight excluding hydrogens is 429 g/mol. The summed E-state index contributed by atoms with van der Waals surface area (Å²) in [7, 11) is 1.56. The number of halogens is 2. The van der Waals surface area contributed by atoms with Gasteiger partial charge in [0.15, 0.2) is 11.4 Å². The van der Waals surface area contributed by atoms with Gasteiger partial charge in [-0.2, -0.15) is 0 Å². The molecule has 0 amide bonds. The fourth-order valence-electron chi connectivity index (χ4n) is 4.35. The number of rotatable bonds is 5. The van der Waals surface area contributed by atoms with Gasteiger partial charge in [0.05, 0.1) is 7.11 Å². The third kappa shape index (κ3) is 3.88. The molecule has 6 heteroatoms. The van der Waals surface area contributed by atoms with Crippen LogP contribution in [0.4, 0.5) is 20.0 Å². The zero-order valence-corrected chi connectivity index (χ0v) is 18.7. The Bertz CT molecular complexity index is 1340. The van der Waals surface area contributed by atoms with Crippen LogP contribution < -0.4 is 9.55 Å². The van der Waals surface area contributed by atoms with Crippen molar-refractivity contribution in [2.24, 2.45) is 0 Å². The van der Waals surface area contributed by atoms with E-state index < -0.39 is 6.97 Å². The summed E-state index contributed by atoms with van der Waals surface area (Å²) in [5, 5.41) is 0. The molecule has 0 aliphatic carbocycles. The van der Waals surface area contributed by atoms with Crippen molar-refractivity contribution in [3.8, 4) is 5.75 Å². The van der Waals surface area contributed by atoms with E-state index in [2.05, 4.69) is 0 Å². The molecule has 5 rings (SSSR count). The van der Waals surface area contributed by atoms with Crippen molar-refractivity contribution < 1.29 is 17.9 Å². The molecule has 0 unspecified atom stereocenters. The Hall–Kier alpha value is -4.19. The first-order valence-corrected chi connectivity index (χ1v) is 11.1. The third-order valence-corrected chi connectivity index (χ3v) is 5.94. The van der Waals surface area contributed by atoms with Gasteiger partial charge in [-0.3, -0.25) is 0 Å². The second kappa shape index (κ2) is 8.98. The van der Waals surface area contributed by atoms with E-state index in [1.54, 1.807) is 55.6 Å². The van der Waals surface area contributed by atoms with E-state index in [1.165, 1.54) is 0 Å². The second-order valence-electron chi connectivity index (χ2n) is 8.01. The largest absolute Gasteiger partial charge is 0.737 e. The van der Waals surface area contributed by atoms with Gasteiger partial charge in [-0.05, 0) is 42.0 Å². The van der Waals surface area contributed by atoms with Gasteiger partial charge in [0.25, 0.3) is 0 Å². The van der Waals surface area contributed by atoms with Crippen molar-refractivity contribution in [1.29, 1.82) is 0 Å². The summed E-state index contributed by atoms with van der Waals surface area (Å²) in [5.41, 5.74) is 3.11. The average Bonchev–Trinajstić information content (AvgIpc) is 2.89. The first-order valence-electron chi connectivity index (χ1n) is 11.1. The normalized spacial score (nSPS) is 15.1. The zero-order chi connectivity index (χ0) is 23.5. The molecule has 0 saturated heterocycles. The summed E-state index contributed by atoms with van der Waals surface area (Å²) in [6.45, 7) is -4.28. The van der Waals surface area contributed by atoms with Crippen molar-refractivity contribution in [1.82, 2.24) is 0 Å². The predicted octanol–water partition coefficient (Wildman–Crippen LogP) is 6.76. The Morgan fingerprint density at radius 2 is 1.21 bits per heavy atom. The molecule has 0 bridgehead atoms. The number of hydrogen-bond donors (Lipinski definition) is 0. The van der Waals surface area contributed by atoms with Crippen LogP contribution in [0.1, 0.15) is 11.1 Å². The summed E-state index contributed by atoms with van der Waals surface area (Å²) in [6.07, 6.45) is 1.85. The number of hydrogen-bond acceptors (Lipinski definition) is 2. The number of para-hydroxylation sites is 1. The molecule has 0 N–H and O–H groups in total. The van der Waals surface area contributed by atoms with E-state index in [0.29, 0.717) is 34.1 Å². The molecule has 0 fully saturated rings. The van der Waals surface area contributed by atoms with Gasteiger partial charge in [-0.25, -0.2) is 0 Å². The average molecular weight is 452 g/mol. The molecule has 34 heavy (non-hydrogen) atoms. The van der Waals surface area contributed by atoms with E-state index in [4.69, 9.17) is 4.74 Å². The highest BCUT2D eigenvalue weighted by atomic mass is 19.2. The SMILES string of the molecule is COc1ccc([N+]2=C(c3ccccc3)C=C(c3ccccc3)N(c3ccccc3)[B-]2(F)F)cc1. The van der Waals surface area contributed by atoms with Crippen LogP contribution in [-0.4, -0.2) is 24.3 Å². The topological polar surface area (TPSA) is 15.5 Å². The van der Waals surface area contributed by atoms with Gasteiger partial charge < -0.3 is 22.7 Å². The van der Waals surface area contributed by atoms with E-state index in [0.717, 1.165) is 14.9 Å². The minimum atomic E-state index is -4.28. The Labute approximate surface area is 197 Å². The molecule has 1 heterocycles. The summed E-state index contributed by atoms with van der Waals surface area (Å²) in [6, 6.07) is 34.2. The molecule has 0 atom stereocenters. The van der Waals surface area contributed by atoms with Crippen molar-refractivity contribution in [3.63, 3.8) is 0 Å². The lowest BCUT2D eigenvalue weighted by Crippen LogP contribution is -2.57. The smallest absolute Gasteiger partial charge is 0.497 e. The maximum Gasteiger partial charge on any atom is 0.737 e. The fourth-order valence-corrected chi connectivity index (χ4v) is 4.35. The fraction of sp³-hybridized carbons (Fsp3) is 0.0357. The lowest BCUT2D eigenvalue weighted by Gasteiger charge is -2.41. The number of ether oxygens (including phenoxy) is 1. The van der Waals surface area contributed by atoms with Gasteiger partial charge in [0, 0.05) is 35.2 Å². The highest BCUT2D eigenvalue weighted by Crippen LogP contribution is 2.40. The molecule has 4 aromatic carbocycles. The van der Waals surface area contributed by atoms with Crippen molar-refractivity contribution in [2.75, 3.05) is 11.9 Å². The predicted molar refractivity (Wildman–Crippen MR) is 135 cm³/mol. The van der Waals surface area contributed by atoms with E-state index in [1.807, 2.05) is 72.8 Å². The number of allylic oxidation sites excluding steroid dienone is 1. The number of methoxy groups -OCH3 is 1. The van der Waals surface area contributed by atoms with E-state index in [-0.39, 0.29) is 0 Å². The van der Waals surface area contributed by atoms with Crippen LogP contribution >= 0.6 is 0 Å². The molecule has 0 spiro atoms. The monoisotopic (exact) mass is 452 g/mol. The van der Waals surface area contributed by atoms with Gasteiger partial charge in [0.2, 0.25) is 0 Å². The van der Waals surface area contributed by atoms with Crippen molar-refractivity contribution in [2.45, 2.75) is 0 Å². The first kappa shape index (κ1) is 21.6. The quantitative estimate of drug-likeness (QED) is 0.311. The standard InChI is InChI=1S/C28H23BF2N2O/c1-34-26-19-17-25(18-20-26)33-28(23-13-7-3-8-14-23)21-27(22-11-5-2-6-12-22)32(29(33,30)31)24-15-9-4-10-16-24/h2-21H,1H3. The number of benzene rings is 4.